The number of ether oxygens (including phenoxy) is 1. The van der Waals surface area contributed by atoms with Gasteiger partial charge in [-0.1, -0.05) is 61.4 Å². The van der Waals surface area contributed by atoms with Gasteiger partial charge in [-0.25, -0.2) is 0 Å². The highest BCUT2D eigenvalue weighted by molar-refractivity contribution is 5.78. The van der Waals surface area contributed by atoms with Gasteiger partial charge in [-0.15, -0.1) is 0 Å². The number of carbonyl (C=O) groups excluding carboxylic acids is 1. The second-order valence-electron chi connectivity index (χ2n) is 9.91. The second-order valence-corrected chi connectivity index (χ2v) is 9.91. The van der Waals surface area contributed by atoms with E-state index in [0.717, 1.165) is 53.1 Å². The van der Waals surface area contributed by atoms with Gasteiger partial charge in [-0.05, 0) is 54.0 Å². The van der Waals surface area contributed by atoms with Crippen LogP contribution in [0, 0.1) is 11.8 Å². The third-order valence-electron chi connectivity index (χ3n) is 7.41. The molecular formula is C30H35N3O2. The molecule has 5 nitrogen and oxygen atoms in total. The average Bonchev–Trinajstić information content (AvgIpc) is 3.32. The quantitative estimate of drug-likeness (QED) is 0.473. The lowest BCUT2D eigenvalue weighted by Gasteiger charge is -2.23. The summed E-state index contributed by atoms with van der Waals surface area (Å²) in [4.78, 5) is 19.3. The van der Waals surface area contributed by atoms with E-state index in [1.54, 1.807) is 0 Å². The van der Waals surface area contributed by atoms with Crippen LogP contribution in [0.1, 0.15) is 36.9 Å². The largest absolute Gasteiger partial charge is 0.492 e. The van der Waals surface area contributed by atoms with Crippen molar-refractivity contribution in [1.29, 1.82) is 0 Å². The van der Waals surface area contributed by atoms with Crippen LogP contribution >= 0.6 is 0 Å². The molecule has 1 amide bonds. The van der Waals surface area contributed by atoms with E-state index >= 15 is 0 Å². The number of pyridine rings is 1. The fourth-order valence-corrected chi connectivity index (χ4v) is 5.45. The summed E-state index contributed by atoms with van der Waals surface area (Å²) < 4.78 is 6.03. The second kappa shape index (κ2) is 11.5. The monoisotopic (exact) mass is 469 g/mol. The molecule has 2 aliphatic rings. The van der Waals surface area contributed by atoms with Gasteiger partial charge in [0.15, 0.2) is 0 Å². The number of nitrogens with one attached hydrogen (secondary N) is 1. The van der Waals surface area contributed by atoms with Gasteiger partial charge in [-0.3, -0.25) is 14.7 Å². The molecule has 5 rings (SSSR count). The Kier molecular flexibility index (Phi) is 7.74. The maximum absolute atomic E-state index is 12.2. The molecule has 1 saturated carbocycles. The van der Waals surface area contributed by atoms with Gasteiger partial charge in [0.05, 0.1) is 6.42 Å². The molecule has 2 fully saturated rings. The minimum Gasteiger partial charge on any atom is -0.492 e. The number of nitrogens with zero attached hydrogens (tertiary/aromatic N) is 2. The van der Waals surface area contributed by atoms with Crippen molar-refractivity contribution in [3.63, 3.8) is 0 Å². The summed E-state index contributed by atoms with van der Waals surface area (Å²) in [6.07, 6.45) is 7.78. The molecule has 5 heteroatoms. The van der Waals surface area contributed by atoms with Crippen LogP contribution < -0.4 is 10.1 Å². The highest BCUT2D eigenvalue weighted by Crippen LogP contribution is 2.35. The number of carbonyl (C=O) groups is 1. The van der Waals surface area contributed by atoms with E-state index in [9.17, 15) is 4.79 Å². The van der Waals surface area contributed by atoms with Crippen molar-refractivity contribution in [2.45, 2.75) is 38.6 Å². The Morgan fingerprint density at radius 2 is 1.63 bits per heavy atom. The first-order chi connectivity index (χ1) is 17.2. The predicted octanol–water partition coefficient (Wildman–Crippen LogP) is 5.11. The molecule has 182 valence electrons. The fraction of sp³-hybridized carbons (Fsp3) is 0.400. The number of aromatic nitrogens is 1. The van der Waals surface area contributed by atoms with E-state index in [2.05, 4.69) is 27.3 Å². The summed E-state index contributed by atoms with van der Waals surface area (Å²) in [6.45, 7) is 4.79. The Balaban J connectivity index is 1.06. The minimum absolute atomic E-state index is 0.0247. The highest BCUT2D eigenvalue weighted by atomic mass is 16.5. The molecule has 1 aliphatic heterocycles. The lowest BCUT2D eigenvalue weighted by molar-refractivity contribution is -0.120. The van der Waals surface area contributed by atoms with E-state index in [0.29, 0.717) is 6.54 Å². The third kappa shape index (κ3) is 6.49. The van der Waals surface area contributed by atoms with Gasteiger partial charge < -0.3 is 10.1 Å². The first-order valence-corrected chi connectivity index (χ1v) is 12.9. The Morgan fingerprint density at radius 1 is 0.914 bits per heavy atom. The molecule has 1 saturated heterocycles. The Bertz CT molecular complexity index is 1070. The summed E-state index contributed by atoms with van der Waals surface area (Å²) in [7, 11) is 0. The van der Waals surface area contributed by atoms with E-state index in [-0.39, 0.29) is 12.3 Å². The van der Waals surface area contributed by atoms with Gasteiger partial charge in [0, 0.05) is 43.6 Å². The van der Waals surface area contributed by atoms with Crippen molar-refractivity contribution < 1.29 is 9.53 Å². The van der Waals surface area contributed by atoms with E-state index in [4.69, 9.17) is 4.74 Å². The highest BCUT2D eigenvalue weighted by Gasteiger charge is 2.33. The molecular weight excluding hydrogens is 434 g/mol. The Labute approximate surface area is 208 Å². The van der Waals surface area contributed by atoms with Gasteiger partial charge >= 0.3 is 0 Å². The number of hydrogen-bond acceptors (Lipinski definition) is 4. The topological polar surface area (TPSA) is 54.5 Å². The maximum atomic E-state index is 12.2. The zero-order valence-corrected chi connectivity index (χ0v) is 20.4. The average molecular weight is 470 g/mol. The summed E-state index contributed by atoms with van der Waals surface area (Å²) in [6, 6.07) is 22.1. The number of fused-ring (bicyclic) bond motifs is 1. The summed E-state index contributed by atoms with van der Waals surface area (Å²) in [5.41, 5.74) is 3.98. The van der Waals surface area contributed by atoms with Crippen LogP contribution in [0.3, 0.4) is 0 Å². The van der Waals surface area contributed by atoms with Crippen LogP contribution in [0.15, 0.2) is 72.9 Å². The minimum atomic E-state index is -0.0247. The van der Waals surface area contributed by atoms with Crippen molar-refractivity contribution in [3.05, 3.63) is 84.2 Å². The first-order valence-electron chi connectivity index (χ1n) is 12.9. The number of amides is 1. The zero-order valence-electron chi connectivity index (χ0n) is 20.4. The molecule has 2 aromatic carbocycles. The molecule has 3 aromatic rings. The van der Waals surface area contributed by atoms with Crippen molar-refractivity contribution in [2.75, 3.05) is 26.2 Å². The normalized spacial score (nSPS) is 19.8. The molecule has 0 radical (unpaired) electrons. The summed E-state index contributed by atoms with van der Waals surface area (Å²) in [5.74, 6) is 2.73. The van der Waals surface area contributed by atoms with Crippen LogP contribution in [0.25, 0.3) is 11.1 Å². The van der Waals surface area contributed by atoms with Gasteiger partial charge in [-0.2, -0.15) is 0 Å². The van der Waals surface area contributed by atoms with E-state index < -0.39 is 0 Å². The molecule has 2 unspecified atom stereocenters. The van der Waals surface area contributed by atoms with Gasteiger partial charge in [0.1, 0.15) is 12.4 Å². The molecule has 2 heterocycles. The van der Waals surface area contributed by atoms with E-state index in [1.807, 2.05) is 60.8 Å². The van der Waals surface area contributed by atoms with Crippen molar-refractivity contribution >= 4 is 5.91 Å². The van der Waals surface area contributed by atoms with Crippen molar-refractivity contribution in [1.82, 2.24) is 15.2 Å². The van der Waals surface area contributed by atoms with Crippen LogP contribution in [0.4, 0.5) is 0 Å². The third-order valence-corrected chi connectivity index (χ3v) is 7.41. The molecule has 1 aromatic heterocycles. The Morgan fingerprint density at radius 3 is 2.31 bits per heavy atom. The fourth-order valence-electron chi connectivity index (χ4n) is 5.45. The standard InChI is InChI=1S/C30H35N3O2/c34-30(32-19-23-6-2-1-3-7-23)18-28-13-10-25(20-31-28)24-11-14-29(15-12-24)35-17-16-33-21-26-8-4-5-9-27(26)22-33/h1-3,6-7,10-15,20,26-27H,4-5,8-9,16-19,21-22H2,(H,32,34). The Hall–Kier alpha value is -3.18. The van der Waals surface area contributed by atoms with Crippen molar-refractivity contribution in [2.24, 2.45) is 11.8 Å². The van der Waals surface area contributed by atoms with Crippen LogP contribution in [0.5, 0.6) is 5.75 Å². The number of rotatable bonds is 9. The predicted molar refractivity (Wildman–Crippen MR) is 139 cm³/mol. The maximum Gasteiger partial charge on any atom is 0.226 e. The van der Waals surface area contributed by atoms with Crippen LogP contribution in [-0.2, 0) is 17.8 Å². The molecule has 35 heavy (non-hydrogen) atoms. The lowest BCUT2D eigenvalue weighted by Crippen LogP contribution is -2.26. The van der Waals surface area contributed by atoms with E-state index in [1.165, 1.54) is 38.8 Å². The van der Waals surface area contributed by atoms with Crippen LogP contribution in [-0.4, -0.2) is 42.0 Å². The number of likely N-dealkylation sites (tertiary alicyclic amines) is 1. The molecule has 0 bridgehead atoms. The molecule has 0 spiro atoms. The van der Waals surface area contributed by atoms with Crippen LogP contribution in [0.2, 0.25) is 0 Å². The van der Waals surface area contributed by atoms with Crippen molar-refractivity contribution in [3.8, 4) is 16.9 Å². The number of hydrogen-bond donors (Lipinski definition) is 1. The van der Waals surface area contributed by atoms with Gasteiger partial charge in [0.2, 0.25) is 5.91 Å². The molecule has 2 atom stereocenters. The zero-order chi connectivity index (χ0) is 23.9. The lowest BCUT2D eigenvalue weighted by atomic mass is 9.82. The first kappa shape index (κ1) is 23.6. The SMILES string of the molecule is O=C(Cc1ccc(-c2ccc(OCCN3CC4CCCCC4C3)cc2)cn1)NCc1ccccc1. The molecule has 1 aliphatic carbocycles. The summed E-state index contributed by atoms with van der Waals surface area (Å²) >= 11 is 0. The van der Waals surface area contributed by atoms with Gasteiger partial charge in [0.25, 0.3) is 0 Å². The number of benzene rings is 2. The molecule has 1 N–H and O–H groups in total. The summed E-state index contributed by atoms with van der Waals surface area (Å²) in [5, 5.41) is 2.95. The smallest absolute Gasteiger partial charge is 0.226 e.